The molecule has 144 valence electrons. The number of rotatable bonds is 8. The molecule has 0 fully saturated rings. The molecule has 0 aliphatic rings. The van der Waals surface area contributed by atoms with Crippen molar-refractivity contribution in [2.45, 2.75) is 26.8 Å². The zero-order valence-corrected chi connectivity index (χ0v) is 16.7. The molecule has 5 N–H and O–H groups in total. The number of aromatic nitrogens is 2. The highest BCUT2D eigenvalue weighted by atomic mass is 32.1. The average molecular weight is 424 g/mol. The maximum absolute atomic E-state index is 11.4. The zero-order valence-electron chi connectivity index (χ0n) is 14.1. The Morgan fingerprint density at radius 2 is 2.00 bits per heavy atom. The Morgan fingerprint density at radius 3 is 2.62 bits per heavy atom. The first-order valence-corrected chi connectivity index (χ1v) is 11.3. The van der Waals surface area contributed by atoms with Crippen LogP contribution in [0.4, 0.5) is 5.69 Å². The van der Waals surface area contributed by atoms with Gasteiger partial charge >= 0.3 is 15.6 Å². The van der Waals surface area contributed by atoms with Crippen molar-refractivity contribution < 1.29 is 37.2 Å². The van der Waals surface area contributed by atoms with E-state index in [4.69, 9.17) is 15.5 Å². The monoisotopic (exact) mass is 424 g/mol. The highest BCUT2D eigenvalue weighted by molar-refractivity contribution is 7.60. The summed E-state index contributed by atoms with van der Waals surface area (Å²) < 4.78 is 32.3. The molecule has 2 aromatic heterocycles. The molecule has 0 amide bonds. The molecule has 13 heteroatoms. The van der Waals surface area contributed by atoms with Crippen LogP contribution in [0.15, 0.2) is 17.8 Å². The molecular weight excluding hydrogens is 404 g/mol. The Balaban J connectivity index is 1.98. The van der Waals surface area contributed by atoms with E-state index in [0.29, 0.717) is 12.2 Å². The van der Waals surface area contributed by atoms with Gasteiger partial charge in [-0.15, -0.1) is 0 Å². The minimum absolute atomic E-state index is 0.233. The third kappa shape index (κ3) is 6.22. The Hall–Kier alpha value is -1.16. The van der Waals surface area contributed by atoms with Gasteiger partial charge in [0.2, 0.25) is 5.51 Å². The van der Waals surface area contributed by atoms with Crippen LogP contribution in [0.2, 0.25) is 0 Å². The Labute approximate surface area is 154 Å². The summed E-state index contributed by atoms with van der Waals surface area (Å²) in [6.45, 7) is 4.04. The van der Waals surface area contributed by atoms with Gasteiger partial charge in [-0.25, -0.2) is 9.13 Å². The van der Waals surface area contributed by atoms with Crippen LogP contribution in [-0.2, 0) is 30.9 Å². The number of thiazole rings is 1. The van der Waals surface area contributed by atoms with Crippen molar-refractivity contribution in [3.8, 4) is 0 Å². The highest BCUT2D eigenvalue weighted by Crippen LogP contribution is 2.57. The van der Waals surface area contributed by atoms with Crippen LogP contribution in [0.25, 0.3) is 0 Å². The van der Waals surface area contributed by atoms with Crippen molar-refractivity contribution in [3.05, 3.63) is 39.6 Å². The lowest BCUT2D eigenvalue weighted by Gasteiger charge is -2.11. The summed E-state index contributed by atoms with van der Waals surface area (Å²) >= 11 is 1.42. The van der Waals surface area contributed by atoms with Gasteiger partial charge in [0.15, 0.2) is 12.2 Å². The fraction of sp³-hybridized carbons (Fsp3) is 0.385. The van der Waals surface area contributed by atoms with Gasteiger partial charge in [0.25, 0.3) is 0 Å². The van der Waals surface area contributed by atoms with Crippen LogP contribution in [0.5, 0.6) is 0 Å². The molecule has 0 saturated heterocycles. The topological polar surface area (TPSA) is 156 Å². The van der Waals surface area contributed by atoms with E-state index in [9.17, 15) is 14.0 Å². The number of hydrogen-bond acceptors (Lipinski definition) is 7. The first-order chi connectivity index (χ1) is 12.0. The summed E-state index contributed by atoms with van der Waals surface area (Å²) in [7, 11) is -9.92. The van der Waals surface area contributed by atoms with Gasteiger partial charge in [-0.1, -0.05) is 11.3 Å². The summed E-state index contributed by atoms with van der Waals surface area (Å²) in [5, 5.41) is 0. The van der Waals surface area contributed by atoms with E-state index in [1.165, 1.54) is 11.3 Å². The van der Waals surface area contributed by atoms with E-state index in [1.807, 2.05) is 23.9 Å². The minimum Gasteiger partial charge on any atom is -0.398 e. The molecule has 26 heavy (non-hydrogen) atoms. The Morgan fingerprint density at radius 1 is 1.31 bits per heavy atom. The molecule has 0 radical (unpaired) electrons. The van der Waals surface area contributed by atoms with Crippen LogP contribution in [0.3, 0.4) is 0 Å². The molecule has 2 heterocycles. The summed E-state index contributed by atoms with van der Waals surface area (Å²) in [4.78, 5) is 31.5. The summed E-state index contributed by atoms with van der Waals surface area (Å²) in [6.07, 6.45) is 2.00. The van der Waals surface area contributed by atoms with E-state index >= 15 is 0 Å². The molecule has 0 aliphatic carbocycles. The number of nitrogens with two attached hydrogens (primary N) is 1. The lowest BCUT2D eigenvalue weighted by Crippen LogP contribution is -2.35. The second kappa shape index (κ2) is 8.24. The number of aryl methyl sites for hydroxylation is 1. The quantitative estimate of drug-likeness (QED) is 0.364. The first kappa shape index (κ1) is 21.1. The largest absolute Gasteiger partial charge is 0.481 e. The van der Waals surface area contributed by atoms with Crippen LogP contribution in [0, 0.1) is 13.8 Å². The smallest absolute Gasteiger partial charge is 0.398 e. The van der Waals surface area contributed by atoms with E-state index in [0.717, 1.165) is 21.8 Å². The van der Waals surface area contributed by atoms with E-state index in [1.54, 1.807) is 12.3 Å². The predicted molar refractivity (Wildman–Crippen MR) is 94.3 cm³/mol. The first-order valence-electron chi connectivity index (χ1n) is 7.38. The summed E-state index contributed by atoms with van der Waals surface area (Å²) in [5.41, 5.74) is 11.2. The molecule has 0 saturated carbocycles. The maximum Gasteiger partial charge on any atom is 0.481 e. The van der Waals surface area contributed by atoms with Gasteiger partial charge in [-0.3, -0.25) is 9.51 Å². The minimum atomic E-state index is -5.11. The van der Waals surface area contributed by atoms with E-state index < -0.39 is 15.6 Å². The molecule has 0 aromatic carbocycles. The van der Waals surface area contributed by atoms with Crippen molar-refractivity contribution in [2.24, 2.45) is 0 Å². The Bertz CT molecular complexity index is 883. The number of nitrogen functional groups attached to an aromatic ring is 1. The number of phosphoric acid groups is 2. The number of phosphoric ester groups is 1. The standard InChI is InChI=1S/C13H19N3O7P2S/c1-9-5-12(14)11(6-15-9)7-16-8-26-13(10(16)2)3-4-22-25(20,21)23-24(17,18)19/h5-6,8H,3-4,7H2,1-2H3,(H4-,14,15,17,18,19,20,21)/p+1. The Kier molecular flexibility index (Phi) is 6.70. The molecular formula is C13H20N3O7P2S+. The van der Waals surface area contributed by atoms with Crippen LogP contribution >= 0.6 is 27.0 Å². The highest BCUT2D eigenvalue weighted by Gasteiger charge is 2.32. The van der Waals surface area contributed by atoms with Crippen LogP contribution in [0.1, 0.15) is 21.8 Å². The zero-order chi connectivity index (χ0) is 19.5. The van der Waals surface area contributed by atoms with Crippen LogP contribution < -0.4 is 10.3 Å². The molecule has 0 aliphatic heterocycles. The van der Waals surface area contributed by atoms with Crippen LogP contribution in [-0.4, -0.2) is 26.3 Å². The molecule has 0 bridgehead atoms. The number of hydrogen-bond donors (Lipinski definition) is 4. The van der Waals surface area contributed by atoms with Gasteiger partial charge in [-0.05, 0) is 13.0 Å². The number of pyridine rings is 1. The number of nitrogens with zero attached hydrogens (tertiary/aromatic N) is 2. The van der Waals surface area contributed by atoms with Crippen molar-refractivity contribution in [1.82, 2.24) is 4.98 Å². The van der Waals surface area contributed by atoms with Crippen molar-refractivity contribution in [3.63, 3.8) is 0 Å². The normalized spacial score (nSPS) is 14.3. The number of anilines is 1. The van der Waals surface area contributed by atoms with Gasteiger partial charge in [0.05, 0.1) is 17.0 Å². The predicted octanol–water partition coefficient (Wildman–Crippen LogP) is 1.45. The van der Waals surface area contributed by atoms with Gasteiger partial charge in [-0.2, -0.15) is 8.88 Å². The molecule has 1 unspecified atom stereocenters. The van der Waals surface area contributed by atoms with Crippen molar-refractivity contribution in [1.29, 1.82) is 0 Å². The molecule has 2 rings (SSSR count). The maximum atomic E-state index is 11.4. The fourth-order valence-electron chi connectivity index (χ4n) is 2.18. The van der Waals surface area contributed by atoms with E-state index in [-0.39, 0.29) is 13.0 Å². The van der Waals surface area contributed by atoms with Crippen molar-refractivity contribution >= 4 is 32.7 Å². The lowest BCUT2D eigenvalue weighted by molar-refractivity contribution is -0.689. The summed E-state index contributed by atoms with van der Waals surface area (Å²) in [6, 6.07) is 1.80. The second-order valence-electron chi connectivity index (χ2n) is 5.51. The molecule has 2 aromatic rings. The summed E-state index contributed by atoms with van der Waals surface area (Å²) in [5.74, 6) is 0. The SMILES string of the molecule is Cc1cc(N)c(C[n+]2csc(CCOP(=O)(O)OP(=O)(O)O)c2C)cn1. The molecule has 10 nitrogen and oxygen atoms in total. The third-order valence-electron chi connectivity index (χ3n) is 3.45. The molecule has 1 atom stereocenters. The van der Waals surface area contributed by atoms with Crippen molar-refractivity contribution in [2.75, 3.05) is 12.3 Å². The van der Waals surface area contributed by atoms with Gasteiger partial charge < -0.3 is 20.4 Å². The van der Waals surface area contributed by atoms with Gasteiger partial charge in [0.1, 0.15) is 0 Å². The average Bonchev–Trinajstić information content (AvgIpc) is 2.80. The lowest BCUT2D eigenvalue weighted by atomic mass is 10.2. The second-order valence-corrected chi connectivity index (χ2v) is 9.28. The third-order valence-corrected chi connectivity index (χ3v) is 6.78. The fourth-order valence-corrected chi connectivity index (χ4v) is 4.75. The molecule has 0 spiro atoms. The van der Waals surface area contributed by atoms with Gasteiger partial charge in [0, 0.05) is 30.9 Å². The van der Waals surface area contributed by atoms with E-state index in [2.05, 4.69) is 13.8 Å².